The van der Waals surface area contributed by atoms with E-state index >= 15 is 0 Å². The van der Waals surface area contributed by atoms with E-state index in [-0.39, 0.29) is 30.1 Å². The molecule has 0 unspecified atom stereocenters. The predicted molar refractivity (Wildman–Crippen MR) is 180 cm³/mol. The molecule has 6 rings (SSSR count). The van der Waals surface area contributed by atoms with Crippen LogP contribution in [0.1, 0.15) is 79.1 Å². The quantitative estimate of drug-likeness (QED) is 0.201. The Kier molecular flexibility index (Phi) is 9.96. The van der Waals surface area contributed by atoms with Crippen molar-refractivity contribution in [2.75, 3.05) is 32.9 Å². The van der Waals surface area contributed by atoms with Crippen molar-refractivity contribution in [1.29, 1.82) is 0 Å². The topological polar surface area (TPSA) is 100 Å². The van der Waals surface area contributed by atoms with Gasteiger partial charge in [-0.05, 0) is 78.7 Å². The van der Waals surface area contributed by atoms with Crippen LogP contribution in [-0.2, 0) is 12.8 Å². The number of amides is 1. The standard InChI is InChI=1S/C36H44FN5O3S/c1-36(2,3)27-9-10-29-26(20-27)21-31-34(40-29)46-35(41-31)33(44)39-30(14-18-42-16-12-28(43)13-17-42)24-6-4-23(5-7-24)25-8-11-32(38-22-25)45-19-15-37/h4-8,11,21-22,27-28,30,43H,9-10,12-20H2,1-3H3,(H,39,44)/t27-,30+/m0/s1. The van der Waals surface area contributed by atoms with Gasteiger partial charge in [-0.1, -0.05) is 56.4 Å². The molecule has 2 aliphatic rings. The molecule has 1 saturated heterocycles. The first-order chi connectivity index (χ1) is 22.2. The summed E-state index contributed by atoms with van der Waals surface area (Å²) in [6.07, 6.45) is 6.87. The van der Waals surface area contributed by atoms with Crippen LogP contribution in [0.2, 0.25) is 0 Å². The highest BCUT2D eigenvalue weighted by molar-refractivity contribution is 7.19. The van der Waals surface area contributed by atoms with Crippen molar-refractivity contribution in [2.24, 2.45) is 11.3 Å². The van der Waals surface area contributed by atoms with E-state index in [0.29, 0.717) is 16.8 Å². The van der Waals surface area contributed by atoms with Gasteiger partial charge in [-0.2, -0.15) is 0 Å². The Labute approximate surface area is 274 Å². The van der Waals surface area contributed by atoms with Crippen molar-refractivity contribution in [3.05, 3.63) is 70.5 Å². The first-order valence-corrected chi connectivity index (χ1v) is 17.2. The molecule has 1 aromatic carbocycles. The number of aryl methyl sites for hydroxylation is 1. The van der Waals surface area contributed by atoms with Crippen LogP contribution in [0.3, 0.4) is 0 Å². The van der Waals surface area contributed by atoms with Crippen LogP contribution in [0.4, 0.5) is 4.39 Å². The predicted octanol–water partition coefficient (Wildman–Crippen LogP) is 6.57. The maximum Gasteiger partial charge on any atom is 0.280 e. The van der Waals surface area contributed by atoms with Crippen molar-refractivity contribution in [3.8, 4) is 17.0 Å². The van der Waals surface area contributed by atoms with Crippen LogP contribution < -0.4 is 10.1 Å². The number of thiazole rings is 1. The Morgan fingerprint density at radius 3 is 2.57 bits per heavy atom. The number of nitrogens with zero attached hydrogens (tertiary/aromatic N) is 4. The van der Waals surface area contributed by atoms with Crippen molar-refractivity contribution < 1.29 is 19.0 Å². The van der Waals surface area contributed by atoms with E-state index in [2.05, 4.69) is 42.0 Å². The first-order valence-electron chi connectivity index (χ1n) is 16.4. The second-order valence-electron chi connectivity index (χ2n) is 13.7. The summed E-state index contributed by atoms with van der Waals surface area (Å²) in [6, 6.07) is 13.7. The molecule has 1 aliphatic carbocycles. The summed E-state index contributed by atoms with van der Waals surface area (Å²) in [5.41, 5.74) is 6.36. The Bertz CT molecular complexity index is 1630. The van der Waals surface area contributed by atoms with E-state index in [1.165, 1.54) is 16.9 Å². The number of aliphatic hydroxyl groups excluding tert-OH is 1. The highest BCUT2D eigenvalue weighted by atomic mass is 32.1. The number of nitrogens with one attached hydrogen (secondary N) is 1. The van der Waals surface area contributed by atoms with Gasteiger partial charge in [0, 0.05) is 43.2 Å². The lowest BCUT2D eigenvalue weighted by atomic mass is 9.71. The van der Waals surface area contributed by atoms with E-state index in [4.69, 9.17) is 14.7 Å². The van der Waals surface area contributed by atoms with Crippen LogP contribution in [0.5, 0.6) is 5.88 Å². The Balaban J connectivity index is 1.19. The number of alkyl halides is 1. The normalized spacial score (nSPS) is 18.3. The van der Waals surface area contributed by atoms with Gasteiger partial charge in [0.2, 0.25) is 5.88 Å². The molecular formula is C36H44FN5O3S. The number of carbonyl (C=O) groups is 1. The fourth-order valence-electron chi connectivity index (χ4n) is 6.53. The minimum Gasteiger partial charge on any atom is -0.475 e. The molecular weight excluding hydrogens is 601 g/mol. The van der Waals surface area contributed by atoms with Crippen LogP contribution >= 0.6 is 11.3 Å². The van der Waals surface area contributed by atoms with Gasteiger partial charge >= 0.3 is 0 Å². The molecule has 0 saturated carbocycles. The molecule has 1 fully saturated rings. The van der Waals surface area contributed by atoms with Crippen molar-refractivity contribution in [1.82, 2.24) is 25.2 Å². The minimum atomic E-state index is -0.557. The first kappa shape index (κ1) is 32.5. The fourth-order valence-corrected chi connectivity index (χ4v) is 7.38. The molecule has 0 radical (unpaired) electrons. The number of aliphatic hydroxyl groups is 1. The Hall–Kier alpha value is -3.47. The molecule has 2 atom stereocenters. The zero-order chi connectivity index (χ0) is 32.3. The van der Waals surface area contributed by atoms with E-state index in [9.17, 15) is 14.3 Å². The maximum atomic E-state index is 13.7. The molecule has 1 aliphatic heterocycles. The van der Waals surface area contributed by atoms with Gasteiger partial charge in [0.15, 0.2) is 5.01 Å². The van der Waals surface area contributed by atoms with Gasteiger partial charge in [-0.25, -0.2) is 19.3 Å². The number of hydrogen-bond donors (Lipinski definition) is 2. The zero-order valence-electron chi connectivity index (χ0n) is 27.0. The summed E-state index contributed by atoms with van der Waals surface area (Å²) in [5.74, 6) is 0.808. The average molecular weight is 646 g/mol. The number of hydrogen-bond acceptors (Lipinski definition) is 8. The number of rotatable bonds is 10. The summed E-state index contributed by atoms with van der Waals surface area (Å²) >= 11 is 1.36. The number of pyridine rings is 2. The summed E-state index contributed by atoms with van der Waals surface area (Å²) in [6.45, 7) is 8.86. The molecule has 244 valence electrons. The molecule has 8 nitrogen and oxygen atoms in total. The van der Waals surface area contributed by atoms with Gasteiger partial charge in [-0.15, -0.1) is 0 Å². The summed E-state index contributed by atoms with van der Waals surface area (Å²) in [7, 11) is 0. The smallest absolute Gasteiger partial charge is 0.280 e. The van der Waals surface area contributed by atoms with Crippen molar-refractivity contribution in [2.45, 2.75) is 71.4 Å². The van der Waals surface area contributed by atoms with Gasteiger partial charge in [0.05, 0.1) is 12.1 Å². The van der Waals surface area contributed by atoms with Gasteiger partial charge in [0.1, 0.15) is 23.6 Å². The van der Waals surface area contributed by atoms with Gasteiger partial charge in [0.25, 0.3) is 5.91 Å². The summed E-state index contributed by atoms with van der Waals surface area (Å²) in [5, 5.41) is 13.7. The monoisotopic (exact) mass is 645 g/mol. The number of benzene rings is 1. The maximum absolute atomic E-state index is 13.7. The van der Waals surface area contributed by atoms with E-state index in [1.807, 2.05) is 30.3 Å². The van der Waals surface area contributed by atoms with Gasteiger partial charge in [-0.3, -0.25) is 4.79 Å². The molecule has 2 N–H and O–H groups in total. The number of likely N-dealkylation sites (tertiary alicyclic amines) is 1. The third-order valence-corrected chi connectivity index (χ3v) is 10.4. The number of aromatic nitrogens is 3. The molecule has 0 spiro atoms. The average Bonchev–Trinajstić information content (AvgIpc) is 3.48. The number of halogens is 1. The Morgan fingerprint density at radius 2 is 1.87 bits per heavy atom. The van der Waals surface area contributed by atoms with Crippen molar-refractivity contribution >= 4 is 27.6 Å². The molecule has 10 heteroatoms. The number of ether oxygens (including phenoxy) is 1. The fraction of sp³-hybridized carbons (Fsp3) is 0.500. The molecule has 0 bridgehead atoms. The van der Waals surface area contributed by atoms with Crippen LogP contribution in [-0.4, -0.2) is 69.9 Å². The highest BCUT2D eigenvalue weighted by Crippen LogP contribution is 2.38. The van der Waals surface area contributed by atoms with Crippen LogP contribution in [0.15, 0.2) is 48.7 Å². The van der Waals surface area contributed by atoms with E-state index < -0.39 is 6.67 Å². The SMILES string of the molecule is CC(C)(C)[C@H]1CCc2nc3sc(C(=O)N[C@H](CCN4CCC(O)CC4)c4ccc(-c5ccc(OCCF)nc5)cc4)nc3cc2C1. The highest BCUT2D eigenvalue weighted by Gasteiger charge is 2.30. The molecule has 1 amide bonds. The lowest BCUT2D eigenvalue weighted by Gasteiger charge is -2.34. The molecule has 4 heterocycles. The van der Waals surface area contributed by atoms with Crippen molar-refractivity contribution in [3.63, 3.8) is 0 Å². The zero-order valence-corrected chi connectivity index (χ0v) is 27.8. The van der Waals surface area contributed by atoms with E-state index in [1.54, 1.807) is 12.3 Å². The lowest BCUT2D eigenvalue weighted by Crippen LogP contribution is -2.38. The molecule has 46 heavy (non-hydrogen) atoms. The minimum absolute atomic E-state index is 0.0143. The summed E-state index contributed by atoms with van der Waals surface area (Å²) < 4.78 is 17.7. The lowest BCUT2D eigenvalue weighted by molar-refractivity contribution is 0.0795. The van der Waals surface area contributed by atoms with Crippen LogP contribution in [0.25, 0.3) is 21.5 Å². The summed E-state index contributed by atoms with van der Waals surface area (Å²) in [4.78, 5) is 30.9. The number of carbonyl (C=O) groups excluding carboxylic acids is 1. The Morgan fingerprint density at radius 1 is 1.11 bits per heavy atom. The largest absolute Gasteiger partial charge is 0.475 e. The third kappa shape index (κ3) is 7.73. The molecule has 3 aromatic heterocycles. The molecule has 4 aromatic rings. The third-order valence-electron chi connectivity index (χ3n) is 9.47. The second-order valence-corrected chi connectivity index (χ2v) is 14.7. The number of piperidine rings is 1. The van der Waals surface area contributed by atoms with Crippen LogP contribution in [0, 0.1) is 11.3 Å². The number of fused-ring (bicyclic) bond motifs is 2. The second kappa shape index (κ2) is 14.1. The van der Waals surface area contributed by atoms with E-state index in [0.717, 1.165) is 90.9 Å². The van der Waals surface area contributed by atoms with Gasteiger partial charge < -0.3 is 20.1 Å².